The molecule has 0 aromatic rings. The molecule has 606 valence electrons. The maximum absolute atomic E-state index is 14.6. The zero-order valence-electron chi connectivity index (χ0n) is 64.0. The number of Topliss-reactive ketones (excluding diaryl/α,β-unsaturated/α-hetero) is 1. The van der Waals surface area contributed by atoms with Gasteiger partial charge < -0.3 is 102 Å². The molecule has 1 fully saturated rings. The molecule has 0 radical (unpaired) electrons. The fraction of sp³-hybridized carbons (Fsp3) is 0.743. The van der Waals surface area contributed by atoms with E-state index in [9.17, 15) is 91.7 Å². The fourth-order valence-electron chi connectivity index (χ4n) is 11.7. The van der Waals surface area contributed by atoms with Crippen LogP contribution in [0.15, 0.2) is 4.99 Å². The summed E-state index contributed by atoms with van der Waals surface area (Å²) >= 11 is 0. The number of aliphatic imine (C=N–C) groups is 1. The Morgan fingerprint density at radius 3 is 1.66 bits per heavy atom. The van der Waals surface area contributed by atoms with Crippen molar-refractivity contribution in [2.24, 2.45) is 63.3 Å². The first kappa shape index (κ1) is 95.4. The van der Waals surface area contributed by atoms with Gasteiger partial charge in [-0.15, -0.1) is 0 Å². The van der Waals surface area contributed by atoms with Crippen molar-refractivity contribution >= 4 is 106 Å². The minimum atomic E-state index is -1.87. The Morgan fingerprint density at radius 2 is 1.12 bits per heavy atom. The lowest BCUT2D eigenvalue weighted by atomic mass is 9.88. The number of amides is 14. The summed E-state index contributed by atoms with van der Waals surface area (Å²) in [4.78, 5) is 234. The van der Waals surface area contributed by atoms with Gasteiger partial charge in [-0.1, -0.05) is 74.7 Å². The lowest BCUT2D eigenvalue weighted by Crippen LogP contribution is -2.60. The number of aliphatic carboxylic acids is 2. The van der Waals surface area contributed by atoms with E-state index in [-0.39, 0.29) is 139 Å². The second kappa shape index (κ2) is 50.1. The van der Waals surface area contributed by atoms with E-state index in [1.54, 1.807) is 34.6 Å². The third-order valence-corrected chi connectivity index (χ3v) is 18.6. The highest BCUT2D eigenvalue weighted by molar-refractivity contribution is 6.00. The monoisotopic (exact) mass is 1520 g/mol. The van der Waals surface area contributed by atoms with Gasteiger partial charge in [0.2, 0.25) is 82.7 Å². The molecule has 1 rings (SSSR count). The molecular formula is C70H122N18O19. The van der Waals surface area contributed by atoms with Gasteiger partial charge in [0.15, 0.2) is 11.7 Å². The first-order valence-electron chi connectivity index (χ1n) is 37.0. The molecule has 0 bridgehead atoms. The average molecular weight is 1520 g/mol. The van der Waals surface area contributed by atoms with Crippen LogP contribution in [0.3, 0.4) is 0 Å². The van der Waals surface area contributed by atoms with Gasteiger partial charge in [0, 0.05) is 58.7 Å². The van der Waals surface area contributed by atoms with Gasteiger partial charge in [-0.2, -0.15) is 0 Å². The van der Waals surface area contributed by atoms with Crippen molar-refractivity contribution in [3.8, 4) is 0 Å². The van der Waals surface area contributed by atoms with E-state index in [4.69, 9.17) is 28.7 Å². The molecule has 107 heavy (non-hydrogen) atoms. The minimum absolute atomic E-state index is 0.0171. The van der Waals surface area contributed by atoms with Gasteiger partial charge in [-0.25, -0.2) is 0 Å². The Bertz CT molecular complexity index is 3060. The largest absolute Gasteiger partial charge is 0.481 e. The Labute approximate surface area is 626 Å². The van der Waals surface area contributed by atoms with Crippen LogP contribution < -0.4 is 87.2 Å². The van der Waals surface area contributed by atoms with E-state index in [1.165, 1.54) is 20.9 Å². The predicted molar refractivity (Wildman–Crippen MR) is 393 cm³/mol. The molecule has 0 saturated carbocycles. The van der Waals surface area contributed by atoms with Crippen LogP contribution in [0.4, 0.5) is 0 Å². The number of carbonyl (C=O) groups excluding carboxylic acids is 15. The number of carboxylic acids is 2. The number of hydrogen-bond donors (Lipinski definition) is 18. The number of nitrogens with two attached hydrogens (primary N) is 5. The van der Waals surface area contributed by atoms with Crippen molar-refractivity contribution in [1.82, 2.24) is 63.4 Å². The minimum Gasteiger partial charge on any atom is -0.481 e. The maximum atomic E-state index is 14.6. The Morgan fingerprint density at radius 1 is 0.579 bits per heavy atom. The number of carboxylic acid groups (broad SMARTS) is 2. The third kappa shape index (κ3) is 37.0. The highest BCUT2D eigenvalue weighted by Gasteiger charge is 2.38. The van der Waals surface area contributed by atoms with E-state index >= 15 is 0 Å². The number of nitrogens with one attached hydrogen (secondary N) is 11. The second-order valence-corrected chi connectivity index (χ2v) is 28.3. The van der Waals surface area contributed by atoms with Crippen LogP contribution in [0.25, 0.3) is 0 Å². The molecule has 14 amide bonds. The van der Waals surface area contributed by atoms with E-state index in [1.807, 2.05) is 20.8 Å². The van der Waals surface area contributed by atoms with Gasteiger partial charge in [0.1, 0.15) is 60.4 Å². The van der Waals surface area contributed by atoms with Crippen LogP contribution in [0.2, 0.25) is 0 Å². The van der Waals surface area contributed by atoms with Crippen LogP contribution in [0.1, 0.15) is 210 Å². The van der Waals surface area contributed by atoms with Crippen LogP contribution in [0, 0.1) is 29.6 Å². The number of carbonyl (C=O) groups is 17. The highest BCUT2D eigenvalue weighted by atomic mass is 16.4. The number of nitrogens with zero attached hydrogens (tertiary/aromatic N) is 2. The quantitative estimate of drug-likeness (QED) is 0.0172. The van der Waals surface area contributed by atoms with Crippen LogP contribution in [-0.2, 0) is 81.5 Å². The standard InChI is InChI=1S/C70H122N18O19/c1-12-39(7)57(59(73)97)86-69(107)58(40(8)13-2)87-66(104)48(27-31-56(95)96)80-61(99)43(38(5)6)21-14-15-25-52(90)49(35-37(3)4)84-63(101)44(22-16-18-32-71)81-62(100)46(24-20-34-77-70(74)75)83-67(105)50(36-53(72)91)85-64(102)45-23-17-19-33-76-54(92)29-28-51(88(11)42(10)89)68(106)78-41(9)60(98)79-47(65(103)82-45)26-30-55(93)94/h37-41,43-51,57-58H,12-36,71H2,1-11H3,(H2,72,91)(H2,73,97)(H,76,92)(H,78,106)(H,79,98)(H,80,99)(H,81,100)(H,82,103)(H,83,105)(H,84,101)(H,85,102)(H,86,107)(H,87,104)(H,93,94)(H,95,96)(H4,74,75,77)/t39-,40-,41-,43?,44-,45-,46-,47-,48-,49-,50-,51+,57-,58-/m0/s1. The Hall–Kier alpha value is -9.58. The van der Waals surface area contributed by atoms with Crippen LogP contribution in [-0.4, -0.2) is 215 Å². The summed E-state index contributed by atoms with van der Waals surface area (Å²) in [6, 6.07) is -15.4. The molecule has 37 heteroatoms. The molecule has 1 aliphatic rings. The van der Waals surface area contributed by atoms with E-state index < -0.39 is 199 Å². The molecule has 23 N–H and O–H groups in total. The normalized spacial score (nSPS) is 18.9. The summed E-state index contributed by atoms with van der Waals surface area (Å²) in [5.74, 6) is -17.2. The average Bonchev–Trinajstić information content (AvgIpc) is 0.856. The van der Waals surface area contributed by atoms with Gasteiger partial charge in [-0.05, 0) is 127 Å². The number of ketones is 1. The van der Waals surface area contributed by atoms with Gasteiger partial charge >= 0.3 is 11.9 Å². The summed E-state index contributed by atoms with van der Waals surface area (Å²) in [7, 11) is 1.34. The molecule has 37 nitrogen and oxygen atoms in total. The van der Waals surface area contributed by atoms with E-state index in [0.29, 0.717) is 25.7 Å². The Balaban J connectivity index is 3.61. The molecule has 1 saturated heterocycles. The topological polar surface area (TPSA) is 609 Å². The first-order chi connectivity index (χ1) is 50.2. The van der Waals surface area contributed by atoms with Crippen molar-refractivity contribution in [1.29, 1.82) is 0 Å². The zero-order chi connectivity index (χ0) is 81.4. The molecule has 0 aromatic heterocycles. The lowest BCUT2D eigenvalue weighted by molar-refractivity contribution is -0.140. The molecule has 14 atom stereocenters. The zero-order valence-corrected chi connectivity index (χ0v) is 64.0. The maximum Gasteiger partial charge on any atom is 0.303 e. The summed E-state index contributed by atoms with van der Waals surface area (Å²) in [6.07, 6.45) is -1.12. The van der Waals surface area contributed by atoms with Crippen molar-refractivity contribution in [3.05, 3.63) is 0 Å². The Kier molecular flexibility index (Phi) is 44.7. The lowest BCUT2D eigenvalue weighted by Gasteiger charge is -2.30. The van der Waals surface area contributed by atoms with Crippen LogP contribution >= 0.6 is 0 Å². The van der Waals surface area contributed by atoms with Gasteiger partial charge in [0.05, 0.1) is 12.5 Å². The molecule has 1 unspecified atom stereocenters. The third-order valence-electron chi connectivity index (χ3n) is 18.6. The number of likely N-dealkylation sites (N-methyl/N-ethyl adjacent to an activating group) is 1. The molecule has 0 aromatic carbocycles. The molecular weight excluding hydrogens is 1400 g/mol. The van der Waals surface area contributed by atoms with Gasteiger partial charge in [0.25, 0.3) is 0 Å². The van der Waals surface area contributed by atoms with Crippen molar-refractivity contribution < 1.29 is 91.7 Å². The number of unbranched alkanes of at least 4 members (excludes halogenated alkanes) is 2. The van der Waals surface area contributed by atoms with Crippen LogP contribution in [0.5, 0.6) is 0 Å². The fourth-order valence-corrected chi connectivity index (χ4v) is 11.7. The number of rotatable bonds is 45. The summed E-state index contributed by atoms with van der Waals surface area (Å²) in [6.45, 7) is 16.8. The molecule has 1 heterocycles. The summed E-state index contributed by atoms with van der Waals surface area (Å²) in [5.41, 5.74) is 28.2. The highest BCUT2D eigenvalue weighted by Crippen LogP contribution is 2.22. The summed E-state index contributed by atoms with van der Waals surface area (Å²) < 4.78 is 0. The predicted octanol–water partition coefficient (Wildman–Crippen LogP) is -2.41. The number of primary amides is 2. The number of hydrogen-bond acceptors (Lipinski definition) is 19. The van der Waals surface area contributed by atoms with Gasteiger partial charge in [-0.3, -0.25) is 86.5 Å². The molecule has 0 aliphatic carbocycles. The van der Waals surface area contributed by atoms with Crippen molar-refractivity contribution in [3.63, 3.8) is 0 Å². The van der Waals surface area contributed by atoms with Crippen molar-refractivity contribution in [2.45, 2.75) is 277 Å². The van der Waals surface area contributed by atoms with E-state index in [2.05, 4.69) is 63.5 Å². The number of guanidine groups is 1. The second-order valence-electron chi connectivity index (χ2n) is 28.3. The SMILES string of the molecule is CC[C@H](C)[C@H](NC(=O)[C@@H](NC(=O)[C@H](CCC(=O)O)NC(=O)C(CCCCC(=O)[C@H](CC(C)C)NC(=O)[C@H](CCCCN)NC(=O)[C@H](CCCN=C(N)N)NC(=O)[C@H](CC(N)=O)NC(=O)[C@@H]1CCCCNC(=O)CC[C@@H](N(C)C(C)=O)C(=O)N[C@@H](C)C(=O)N[C@@H](CCC(=O)O)C(=O)N1)C(C)C)[C@@H](C)CC)C(N)=O. The smallest absolute Gasteiger partial charge is 0.303 e. The van der Waals surface area contributed by atoms with E-state index in [0.717, 1.165) is 4.90 Å². The van der Waals surface area contributed by atoms with Crippen molar-refractivity contribution in [2.75, 3.05) is 26.7 Å². The molecule has 1 aliphatic heterocycles. The summed E-state index contributed by atoms with van der Waals surface area (Å²) in [5, 5.41) is 47.6. The molecule has 0 spiro atoms. The first-order valence-corrected chi connectivity index (χ1v) is 37.0.